The molecule has 1 fully saturated rings. The number of rotatable bonds is 0. The molecule has 0 spiro atoms. The van der Waals surface area contributed by atoms with Crippen molar-refractivity contribution in [2.24, 2.45) is 10.9 Å². The third kappa shape index (κ3) is 1.16. The van der Waals surface area contributed by atoms with Crippen molar-refractivity contribution >= 4 is 5.71 Å². The molecule has 0 aromatic carbocycles. The van der Waals surface area contributed by atoms with Crippen LogP contribution in [-0.2, 0) is 0 Å². The Kier molecular flexibility index (Phi) is 1.65. The highest BCUT2D eigenvalue weighted by Gasteiger charge is 2.30. The molecular weight excluding hydrogens is 136 g/mol. The molecule has 2 aliphatic rings. The molecule has 1 heterocycles. The van der Waals surface area contributed by atoms with Gasteiger partial charge in [-0.05, 0) is 18.8 Å². The molecule has 2 rings (SSSR count). The highest BCUT2D eigenvalue weighted by molar-refractivity contribution is 5.99. The molecule has 2 unspecified atom stereocenters. The monoisotopic (exact) mass is 148 g/mol. The Balaban J connectivity index is 2.09. The summed E-state index contributed by atoms with van der Waals surface area (Å²) in [5, 5.41) is 8.63. The largest absolute Gasteiger partial charge is 0.275 e. The van der Waals surface area contributed by atoms with Gasteiger partial charge in [0.2, 0.25) is 0 Å². The lowest BCUT2D eigenvalue weighted by molar-refractivity contribution is 0.337. The fourth-order valence-corrected chi connectivity index (χ4v) is 2.17. The summed E-state index contributed by atoms with van der Waals surface area (Å²) in [5.41, 5.74) is 0.793. The lowest BCUT2D eigenvalue weighted by atomic mass is 9.84. The van der Waals surface area contributed by atoms with Crippen LogP contribution >= 0.6 is 0 Å². The van der Waals surface area contributed by atoms with Crippen LogP contribution in [0.4, 0.5) is 0 Å². The SMILES string of the molecule is N#CC1=NC2CCCCC2C1. The predicted octanol–water partition coefficient (Wildman–Crippen LogP) is 1.91. The van der Waals surface area contributed by atoms with E-state index in [1.54, 1.807) is 0 Å². The van der Waals surface area contributed by atoms with E-state index in [2.05, 4.69) is 11.1 Å². The standard InChI is InChI=1S/C9H12N2/c10-6-8-5-7-3-1-2-4-9(7)11-8/h7,9H,1-5H2. The number of nitriles is 1. The number of hydrogen-bond acceptors (Lipinski definition) is 2. The molecule has 0 radical (unpaired) electrons. The van der Waals surface area contributed by atoms with Crippen LogP contribution in [-0.4, -0.2) is 11.8 Å². The predicted molar refractivity (Wildman–Crippen MR) is 43.4 cm³/mol. The number of aliphatic imine (C=N–C) groups is 1. The highest BCUT2D eigenvalue weighted by atomic mass is 14.9. The Morgan fingerprint density at radius 1 is 1.36 bits per heavy atom. The fourth-order valence-electron chi connectivity index (χ4n) is 2.17. The molecule has 1 aliphatic carbocycles. The first-order chi connectivity index (χ1) is 5.40. The number of nitrogens with zero attached hydrogens (tertiary/aromatic N) is 2. The van der Waals surface area contributed by atoms with Gasteiger partial charge < -0.3 is 0 Å². The van der Waals surface area contributed by atoms with Gasteiger partial charge in [0.25, 0.3) is 0 Å². The summed E-state index contributed by atoms with van der Waals surface area (Å²) in [6.45, 7) is 0. The molecule has 58 valence electrons. The van der Waals surface area contributed by atoms with Crippen molar-refractivity contribution in [3.8, 4) is 6.07 Å². The van der Waals surface area contributed by atoms with E-state index in [1.165, 1.54) is 25.7 Å². The van der Waals surface area contributed by atoms with E-state index >= 15 is 0 Å². The van der Waals surface area contributed by atoms with Gasteiger partial charge in [-0.15, -0.1) is 0 Å². The van der Waals surface area contributed by atoms with Crippen molar-refractivity contribution in [1.82, 2.24) is 0 Å². The molecule has 0 aromatic heterocycles. The van der Waals surface area contributed by atoms with E-state index < -0.39 is 0 Å². The molecule has 11 heavy (non-hydrogen) atoms. The third-order valence-electron chi connectivity index (χ3n) is 2.78. The van der Waals surface area contributed by atoms with Gasteiger partial charge in [-0.2, -0.15) is 5.26 Å². The molecule has 0 N–H and O–H groups in total. The minimum atomic E-state index is 0.512. The smallest absolute Gasteiger partial charge is 0.114 e. The fraction of sp³-hybridized carbons (Fsp3) is 0.778. The van der Waals surface area contributed by atoms with E-state index in [-0.39, 0.29) is 0 Å². The van der Waals surface area contributed by atoms with Gasteiger partial charge in [0, 0.05) is 6.42 Å². The highest BCUT2D eigenvalue weighted by Crippen LogP contribution is 2.33. The summed E-state index contributed by atoms with van der Waals surface area (Å²) in [6.07, 6.45) is 6.12. The Labute approximate surface area is 66.9 Å². The summed E-state index contributed by atoms with van der Waals surface area (Å²) in [6, 6.07) is 2.68. The van der Waals surface area contributed by atoms with Crippen molar-refractivity contribution in [3.63, 3.8) is 0 Å². The van der Waals surface area contributed by atoms with Crippen LogP contribution in [0.5, 0.6) is 0 Å². The van der Waals surface area contributed by atoms with Crippen molar-refractivity contribution < 1.29 is 0 Å². The molecule has 2 atom stereocenters. The maximum Gasteiger partial charge on any atom is 0.114 e. The van der Waals surface area contributed by atoms with Gasteiger partial charge in [-0.3, -0.25) is 4.99 Å². The van der Waals surface area contributed by atoms with Gasteiger partial charge >= 0.3 is 0 Å². The van der Waals surface area contributed by atoms with Gasteiger partial charge in [-0.1, -0.05) is 12.8 Å². The van der Waals surface area contributed by atoms with Crippen molar-refractivity contribution in [2.45, 2.75) is 38.1 Å². The molecular formula is C9H12N2. The van der Waals surface area contributed by atoms with E-state index in [4.69, 9.17) is 5.26 Å². The molecule has 1 aliphatic heterocycles. The second kappa shape index (κ2) is 2.65. The molecule has 0 saturated heterocycles. The van der Waals surface area contributed by atoms with Crippen LogP contribution in [0.3, 0.4) is 0 Å². The Morgan fingerprint density at radius 3 is 2.91 bits per heavy atom. The quantitative estimate of drug-likeness (QED) is 0.517. The lowest BCUT2D eigenvalue weighted by Crippen LogP contribution is -2.18. The molecule has 0 bridgehead atoms. The topological polar surface area (TPSA) is 36.1 Å². The summed E-state index contributed by atoms with van der Waals surface area (Å²) in [7, 11) is 0. The van der Waals surface area contributed by atoms with Crippen LogP contribution in [0.15, 0.2) is 4.99 Å². The van der Waals surface area contributed by atoms with Crippen LogP contribution in [0, 0.1) is 17.2 Å². The van der Waals surface area contributed by atoms with Crippen LogP contribution < -0.4 is 0 Å². The van der Waals surface area contributed by atoms with Crippen LogP contribution in [0.2, 0.25) is 0 Å². The van der Waals surface area contributed by atoms with E-state index in [0.717, 1.165) is 18.1 Å². The minimum Gasteiger partial charge on any atom is -0.275 e. The van der Waals surface area contributed by atoms with Gasteiger partial charge in [0.1, 0.15) is 11.8 Å². The van der Waals surface area contributed by atoms with Gasteiger partial charge in [-0.25, -0.2) is 0 Å². The van der Waals surface area contributed by atoms with Crippen LogP contribution in [0.1, 0.15) is 32.1 Å². The van der Waals surface area contributed by atoms with Crippen molar-refractivity contribution in [1.29, 1.82) is 5.26 Å². The second-order valence-electron chi connectivity index (χ2n) is 3.50. The first kappa shape index (κ1) is 6.84. The Bertz CT molecular complexity index is 224. The number of hydrogen-bond donors (Lipinski definition) is 0. The molecule has 1 saturated carbocycles. The molecule has 0 amide bonds. The number of fused-ring (bicyclic) bond motifs is 1. The average Bonchev–Trinajstić information content (AvgIpc) is 2.46. The zero-order chi connectivity index (χ0) is 7.68. The summed E-state index contributed by atoms with van der Waals surface area (Å²) >= 11 is 0. The first-order valence-electron chi connectivity index (χ1n) is 4.37. The molecule has 2 heteroatoms. The Hall–Kier alpha value is -0.840. The summed E-state index contributed by atoms with van der Waals surface area (Å²) < 4.78 is 0. The third-order valence-corrected chi connectivity index (χ3v) is 2.78. The minimum absolute atomic E-state index is 0.512. The average molecular weight is 148 g/mol. The molecule has 2 nitrogen and oxygen atoms in total. The first-order valence-corrected chi connectivity index (χ1v) is 4.37. The van der Waals surface area contributed by atoms with Crippen molar-refractivity contribution in [2.75, 3.05) is 0 Å². The van der Waals surface area contributed by atoms with E-state index in [0.29, 0.717) is 6.04 Å². The lowest BCUT2D eigenvalue weighted by Gasteiger charge is -2.22. The van der Waals surface area contributed by atoms with Crippen LogP contribution in [0.25, 0.3) is 0 Å². The maximum absolute atomic E-state index is 8.63. The second-order valence-corrected chi connectivity index (χ2v) is 3.50. The van der Waals surface area contributed by atoms with Gasteiger partial charge in [0.15, 0.2) is 0 Å². The zero-order valence-electron chi connectivity index (χ0n) is 6.58. The maximum atomic E-state index is 8.63. The van der Waals surface area contributed by atoms with Crippen molar-refractivity contribution in [3.05, 3.63) is 0 Å². The summed E-state index contributed by atoms with van der Waals surface area (Å²) in [5.74, 6) is 0.721. The Morgan fingerprint density at radius 2 is 2.18 bits per heavy atom. The summed E-state index contributed by atoms with van der Waals surface area (Å²) in [4.78, 5) is 4.38. The van der Waals surface area contributed by atoms with E-state index in [1.807, 2.05) is 0 Å². The zero-order valence-corrected chi connectivity index (χ0v) is 6.58. The normalized spacial score (nSPS) is 35.7. The molecule has 0 aromatic rings. The van der Waals surface area contributed by atoms with E-state index in [9.17, 15) is 0 Å². The van der Waals surface area contributed by atoms with Gasteiger partial charge in [0.05, 0.1) is 6.04 Å².